The van der Waals surface area contributed by atoms with E-state index < -0.39 is 11.6 Å². The van der Waals surface area contributed by atoms with E-state index in [1.54, 1.807) is 12.1 Å². The predicted octanol–water partition coefficient (Wildman–Crippen LogP) is 2.84. The summed E-state index contributed by atoms with van der Waals surface area (Å²) in [5.74, 6) is 0.727. The highest BCUT2D eigenvalue weighted by atomic mass is 32.1. The fourth-order valence-electron chi connectivity index (χ4n) is 3.68. The zero-order valence-electron chi connectivity index (χ0n) is 16.7. The van der Waals surface area contributed by atoms with E-state index in [-0.39, 0.29) is 35.3 Å². The number of ether oxygens (including phenoxy) is 2. The number of H-pyrrole nitrogens is 1. The summed E-state index contributed by atoms with van der Waals surface area (Å²) in [4.78, 5) is 27.5. The second kappa shape index (κ2) is 7.94. The first-order chi connectivity index (χ1) is 14.4. The quantitative estimate of drug-likeness (QED) is 0.706. The van der Waals surface area contributed by atoms with Crippen LogP contribution >= 0.6 is 12.2 Å². The number of carbonyl (C=O) groups is 1. The molecule has 1 amide bonds. The number of rotatable bonds is 5. The average Bonchev–Trinajstić information content (AvgIpc) is 3.34. The van der Waals surface area contributed by atoms with Crippen LogP contribution in [0.15, 0.2) is 28.1 Å². The van der Waals surface area contributed by atoms with E-state index in [9.17, 15) is 14.7 Å². The normalized spacial score (nSPS) is 17.3. The SMILES string of the molecule is CCCCn1c(O)c(C2=NN(C(C)=O)[C@@H](c3ccc4c(c3)OCO4)C2)c(=O)[nH]c1=S. The molecule has 9 nitrogen and oxygen atoms in total. The summed E-state index contributed by atoms with van der Waals surface area (Å²) in [6, 6.07) is 4.99. The summed E-state index contributed by atoms with van der Waals surface area (Å²) >= 11 is 5.20. The Morgan fingerprint density at radius 3 is 2.87 bits per heavy atom. The molecule has 30 heavy (non-hydrogen) atoms. The van der Waals surface area contributed by atoms with Crippen molar-refractivity contribution >= 4 is 23.8 Å². The Morgan fingerprint density at radius 2 is 2.13 bits per heavy atom. The number of hydrogen-bond donors (Lipinski definition) is 2. The summed E-state index contributed by atoms with van der Waals surface area (Å²) in [7, 11) is 0. The molecule has 3 heterocycles. The van der Waals surface area contributed by atoms with Gasteiger partial charge in [-0.05, 0) is 36.3 Å². The van der Waals surface area contributed by atoms with E-state index in [2.05, 4.69) is 10.1 Å². The van der Waals surface area contributed by atoms with Crippen LogP contribution in [0.4, 0.5) is 0 Å². The Bertz CT molecular complexity index is 1150. The minimum absolute atomic E-state index is 0.0363. The maximum atomic E-state index is 12.6. The van der Waals surface area contributed by atoms with Crippen molar-refractivity contribution in [1.29, 1.82) is 0 Å². The Labute approximate surface area is 177 Å². The van der Waals surface area contributed by atoms with Gasteiger partial charge in [0.1, 0.15) is 5.56 Å². The molecule has 158 valence electrons. The number of hydrazone groups is 1. The van der Waals surface area contributed by atoms with Gasteiger partial charge in [0.2, 0.25) is 18.6 Å². The van der Waals surface area contributed by atoms with Crippen molar-refractivity contribution in [2.45, 2.75) is 45.7 Å². The largest absolute Gasteiger partial charge is 0.494 e. The number of fused-ring (bicyclic) bond motifs is 1. The maximum Gasteiger partial charge on any atom is 0.264 e. The molecule has 2 aromatic rings. The van der Waals surface area contributed by atoms with Gasteiger partial charge < -0.3 is 14.6 Å². The van der Waals surface area contributed by atoms with Crippen LogP contribution in [0.5, 0.6) is 17.4 Å². The fraction of sp³-hybridized carbons (Fsp3) is 0.400. The molecular formula is C20H22N4O5S. The molecule has 0 saturated heterocycles. The lowest BCUT2D eigenvalue weighted by Gasteiger charge is -2.20. The topological polar surface area (TPSA) is 109 Å². The van der Waals surface area contributed by atoms with Gasteiger partial charge in [0, 0.05) is 19.9 Å². The molecule has 0 fully saturated rings. The number of aromatic amines is 1. The van der Waals surface area contributed by atoms with Crippen LogP contribution in [0.25, 0.3) is 0 Å². The van der Waals surface area contributed by atoms with Crippen molar-refractivity contribution in [3.05, 3.63) is 44.5 Å². The molecular weight excluding hydrogens is 408 g/mol. The number of nitrogens with zero attached hydrogens (tertiary/aromatic N) is 3. The Kier molecular flexibility index (Phi) is 5.33. The van der Waals surface area contributed by atoms with Crippen molar-refractivity contribution in [2.24, 2.45) is 5.10 Å². The number of amides is 1. The van der Waals surface area contributed by atoms with Crippen molar-refractivity contribution < 1.29 is 19.4 Å². The van der Waals surface area contributed by atoms with Gasteiger partial charge >= 0.3 is 0 Å². The second-order valence-corrected chi connectivity index (χ2v) is 7.59. The molecule has 4 rings (SSSR count). The molecule has 1 aromatic heterocycles. The van der Waals surface area contributed by atoms with Crippen LogP contribution in [-0.2, 0) is 11.3 Å². The van der Waals surface area contributed by atoms with Gasteiger partial charge in [0.05, 0.1) is 11.8 Å². The molecule has 0 saturated carbocycles. The van der Waals surface area contributed by atoms with E-state index in [1.807, 2.05) is 13.0 Å². The summed E-state index contributed by atoms with van der Waals surface area (Å²) in [5.41, 5.74) is 0.628. The van der Waals surface area contributed by atoms with E-state index in [1.165, 1.54) is 16.5 Å². The number of nitrogens with one attached hydrogen (secondary N) is 1. The Balaban J connectivity index is 1.74. The highest BCUT2D eigenvalue weighted by molar-refractivity contribution is 7.71. The number of unbranched alkanes of at least 4 members (excludes halogenated alkanes) is 1. The van der Waals surface area contributed by atoms with E-state index in [4.69, 9.17) is 21.7 Å². The summed E-state index contributed by atoms with van der Waals surface area (Å²) < 4.78 is 12.4. The van der Waals surface area contributed by atoms with Crippen molar-refractivity contribution in [1.82, 2.24) is 14.6 Å². The Morgan fingerprint density at radius 1 is 1.37 bits per heavy atom. The van der Waals surface area contributed by atoms with Crippen LogP contribution in [-0.4, -0.2) is 38.1 Å². The van der Waals surface area contributed by atoms with Gasteiger partial charge in [0.25, 0.3) is 5.56 Å². The summed E-state index contributed by atoms with van der Waals surface area (Å²) in [5, 5.41) is 16.5. The van der Waals surface area contributed by atoms with Crippen molar-refractivity contribution in [2.75, 3.05) is 6.79 Å². The number of benzene rings is 1. The molecule has 0 bridgehead atoms. The average molecular weight is 430 g/mol. The van der Waals surface area contributed by atoms with E-state index >= 15 is 0 Å². The third-order valence-corrected chi connectivity index (χ3v) is 5.53. The van der Waals surface area contributed by atoms with Gasteiger partial charge in [-0.15, -0.1) is 0 Å². The highest BCUT2D eigenvalue weighted by Crippen LogP contribution is 2.39. The molecule has 0 aliphatic carbocycles. The monoisotopic (exact) mass is 430 g/mol. The second-order valence-electron chi connectivity index (χ2n) is 7.21. The predicted molar refractivity (Wildman–Crippen MR) is 111 cm³/mol. The number of aromatic nitrogens is 2. The lowest BCUT2D eigenvalue weighted by Crippen LogP contribution is -2.24. The van der Waals surface area contributed by atoms with Crippen LogP contribution in [0.1, 0.15) is 50.3 Å². The lowest BCUT2D eigenvalue weighted by molar-refractivity contribution is -0.130. The summed E-state index contributed by atoms with van der Waals surface area (Å²) in [6.07, 6.45) is 1.96. The van der Waals surface area contributed by atoms with Crippen LogP contribution in [0.2, 0.25) is 0 Å². The molecule has 0 unspecified atom stereocenters. The number of carbonyl (C=O) groups excluding carboxylic acids is 1. The molecule has 10 heteroatoms. The number of aromatic hydroxyl groups is 1. The van der Waals surface area contributed by atoms with Crippen LogP contribution in [0.3, 0.4) is 0 Å². The standard InChI is InChI=1S/C20H22N4O5S/c1-3-4-7-23-19(27)17(18(26)21-20(23)30)13-9-14(24(22-13)11(2)25)12-5-6-15-16(8-12)29-10-28-15/h5-6,8,14,27H,3-4,7,9-10H2,1-2H3,(H,21,26,30)/t14-/m1/s1. The smallest absolute Gasteiger partial charge is 0.264 e. The fourth-order valence-corrected chi connectivity index (χ4v) is 3.95. The molecule has 2 aliphatic heterocycles. The van der Waals surface area contributed by atoms with E-state index in [0.29, 0.717) is 23.8 Å². The first kappa shape index (κ1) is 20.1. The van der Waals surface area contributed by atoms with Gasteiger partial charge in [0.15, 0.2) is 16.3 Å². The van der Waals surface area contributed by atoms with Crippen molar-refractivity contribution in [3.8, 4) is 17.4 Å². The molecule has 0 radical (unpaired) electrons. The van der Waals surface area contributed by atoms with Gasteiger partial charge in [-0.25, -0.2) is 5.01 Å². The van der Waals surface area contributed by atoms with Crippen LogP contribution in [0, 0.1) is 4.77 Å². The van der Waals surface area contributed by atoms with Gasteiger partial charge in [-0.3, -0.25) is 19.1 Å². The first-order valence-corrected chi connectivity index (χ1v) is 10.1. The molecule has 2 aliphatic rings. The zero-order valence-corrected chi connectivity index (χ0v) is 17.5. The summed E-state index contributed by atoms with van der Waals surface area (Å²) in [6.45, 7) is 4.05. The highest BCUT2D eigenvalue weighted by Gasteiger charge is 2.35. The van der Waals surface area contributed by atoms with E-state index in [0.717, 1.165) is 18.4 Å². The van der Waals surface area contributed by atoms with Crippen molar-refractivity contribution in [3.63, 3.8) is 0 Å². The van der Waals surface area contributed by atoms with Gasteiger partial charge in [-0.1, -0.05) is 19.4 Å². The minimum Gasteiger partial charge on any atom is -0.494 e. The molecule has 1 atom stereocenters. The molecule has 2 N–H and O–H groups in total. The first-order valence-electron chi connectivity index (χ1n) is 9.74. The van der Waals surface area contributed by atoms with Gasteiger partial charge in [-0.2, -0.15) is 5.10 Å². The number of hydrogen-bond acceptors (Lipinski definition) is 7. The van der Waals surface area contributed by atoms with Crippen LogP contribution < -0.4 is 15.0 Å². The Hall–Kier alpha value is -3.14. The molecule has 1 aromatic carbocycles. The third-order valence-electron chi connectivity index (χ3n) is 5.21. The third kappa shape index (κ3) is 3.47. The zero-order chi connectivity index (χ0) is 21.4. The maximum absolute atomic E-state index is 12.6. The molecule has 0 spiro atoms. The lowest BCUT2D eigenvalue weighted by atomic mass is 9.98. The minimum atomic E-state index is -0.529.